The zero-order chi connectivity index (χ0) is 16.6. The summed E-state index contributed by atoms with van der Waals surface area (Å²) >= 11 is 0. The van der Waals surface area contributed by atoms with Gasteiger partial charge >= 0.3 is 11.9 Å². The molecular formula is C18H15NO4. The first-order chi connectivity index (χ1) is 11.0. The molecule has 3 aromatic carbocycles. The second kappa shape index (κ2) is 5.61. The van der Waals surface area contributed by atoms with E-state index in [-0.39, 0.29) is 11.1 Å². The number of methoxy groups -OCH3 is 2. The highest BCUT2D eigenvalue weighted by Crippen LogP contribution is 2.28. The highest BCUT2D eigenvalue weighted by molar-refractivity contribution is 6.09. The summed E-state index contributed by atoms with van der Waals surface area (Å²) in [5, 5.41) is 3.60. The van der Waals surface area contributed by atoms with Gasteiger partial charge in [-0.2, -0.15) is 0 Å². The number of fused-ring (bicyclic) bond motifs is 2. The number of carbonyl (C=O) groups is 2. The van der Waals surface area contributed by atoms with Crippen molar-refractivity contribution in [1.82, 2.24) is 0 Å². The minimum atomic E-state index is -0.583. The van der Waals surface area contributed by atoms with E-state index in [1.54, 1.807) is 12.1 Å². The summed E-state index contributed by atoms with van der Waals surface area (Å²) in [5.41, 5.74) is 6.84. The molecule has 0 aliphatic heterocycles. The number of esters is 2. The van der Waals surface area contributed by atoms with Gasteiger partial charge in [-0.1, -0.05) is 6.07 Å². The van der Waals surface area contributed by atoms with E-state index in [4.69, 9.17) is 15.2 Å². The van der Waals surface area contributed by atoms with Crippen LogP contribution in [0.1, 0.15) is 20.7 Å². The molecule has 0 bridgehead atoms. The Morgan fingerprint density at radius 3 is 1.74 bits per heavy atom. The largest absolute Gasteiger partial charge is 0.465 e. The third-order valence-corrected chi connectivity index (χ3v) is 3.77. The van der Waals surface area contributed by atoms with Crippen LogP contribution in [0.4, 0.5) is 5.69 Å². The minimum Gasteiger partial charge on any atom is -0.465 e. The van der Waals surface area contributed by atoms with Crippen LogP contribution in [0.25, 0.3) is 21.5 Å². The highest BCUT2D eigenvalue weighted by Gasteiger charge is 2.19. The predicted octanol–water partition coefficient (Wildman–Crippen LogP) is 3.15. The van der Waals surface area contributed by atoms with Crippen LogP contribution >= 0.6 is 0 Å². The van der Waals surface area contributed by atoms with Gasteiger partial charge in [-0.25, -0.2) is 9.59 Å². The third-order valence-electron chi connectivity index (χ3n) is 3.77. The van der Waals surface area contributed by atoms with Gasteiger partial charge in [0.2, 0.25) is 0 Å². The Balaban J connectivity index is 2.34. The first kappa shape index (κ1) is 14.8. The number of rotatable bonds is 2. The lowest BCUT2D eigenvalue weighted by atomic mass is 9.97. The maximum Gasteiger partial charge on any atom is 0.338 e. The molecule has 0 aliphatic rings. The summed E-state index contributed by atoms with van der Waals surface area (Å²) in [6.45, 7) is 0. The van der Waals surface area contributed by atoms with Crippen molar-refractivity contribution in [2.24, 2.45) is 0 Å². The molecule has 5 heteroatoms. The molecule has 2 N–H and O–H groups in total. The summed E-state index contributed by atoms with van der Waals surface area (Å²) in [6, 6.07) is 12.7. The number of carbonyl (C=O) groups excluding carboxylic acids is 2. The Labute approximate surface area is 132 Å². The highest BCUT2D eigenvalue weighted by atomic mass is 16.5. The zero-order valence-corrected chi connectivity index (χ0v) is 12.8. The van der Waals surface area contributed by atoms with Crippen LogP contribution in [0.15, 0.2) is 42.5 Å². The van der Waals surface area contributed by atoms with E-state index in [0.29, 0.717) is 5.69 Å². The average molecular weight is 309 g/mol. The minimum absolute atomic E-state index is 0.176. The summed E-state index contributed by atoms with van der Waals surface area (Å²) in [5.74, 6) is -1.16. The van der Waals surface area contributed by atoms with Crippen molar-refractivity contribution in [3.05, 3.63) is 53.6 Å². The predicted molar refractivity (Wildman–Crippen MR) is 88.5 cm³/mol. The number of nitrogen functional groups attached to an aromatic ring is 1. The van der Waals surface area contributed by atoms with E-state index in [2.05, 4.69) is 0 Å². The van der Waals surface area contributed by atoms with Crippen molar-refractivity contribution in [3.8, 4) is 0 Å². The van der Waals surface area contributed by atoms with Gasteiger partial charge in [-0.3, -0.25) is 0 Å². The van der Waals surface area contributed by atoms with Crippen LogP contribution in [0.3, 0.4) is 0 Å². The topological polar surface area (TPSA) is 78.6 Å². The maximum absolute atomic E-state index is 12.0. The quantitative estimate of drug-likeness (QED) is 0.447. The normalized spacial score (nSPS) is 10.7. The number of benzene rings is 3. The molecule has 5 nitrogen and oxygen atoms in total. The van der Waals surface area contributed by atoms with Crippen LogP contribution in [0.2, 0.25) is 0 Å². The Morgan fingerprint density at radius 2 is 1.22 bits per heavy atom. The van der Waals surface area contributed by atoms with Gasteiger partial charge < -0.3 is 15.2 Å². The number of anilines is 1. The van der Waals surface area contributed by atoms with E-state index < -0.39 is 11.9 Å². The van der Waals surface area contributed by atoms with E-state index >= 15 is 0 Å². The maximum atomic E-state index is 12.0. The molecule has 3 aromatic rings. The number of hydrogen-bond donors (Lipinski definition) is 1. The summed E-state index contributed by atoms with van der Waals surface area (Å²) in [4.78, 5) is 23.9. The van der Waals surface area contributed by atoms with Crippen LogP contribution < -0.4 is 5.73 Å². The summed E-state index contributed by atoms with van der Waals surface area (Å²) < 4.78 is 9.52. The molecule has 0 amide bonds. The molecule has 116 valence electrons. The molecule has 0 unspecified atom stereocenters. The van der Waals surface area contributed by atoms with Gasteiger partial charge in [-0.05, 0) is 57.9 Å². The zero-order valence-electron chi connectivity index (χ0n) is 12.8. The fourth-order valence-corrected chi connectivity index (χ4v) is 2.63. The summed E-state index contributed by atoms with van der Waals surface area (Å²) in [6.07, 6.45) is 0. The van der Waals surface area contributed by atoms with Crippen molar-refractivity contribution in [2.45, 2.75) is 0 Å². The van der Waals surface area contributed by atoms with Gasteiger partial charge in [0.1, 0.15) is 0 Å². The molecule has 0 saturated carbocycles. The van der Waals surface area contributed by atoms with Crippen molar-refractivity contribution in [2.75, 3.05) is 20.0 Å². The molecule has 0 spiro atoms. The molecule has 0 saturated heterocycles. The Morgan fingerprint density at radius 1 is 0.739 bits per heavy atom. The molecule has 0 heterocycles. The fraction of sp³-hybridized carbons (Fsp3) is 0.111. The van der Waals surface area contributed by atoms with Crippen LogP contribution in [-0.4, -0.2) is 26.2 Å². The van der Waals surface area contributed by atoms with E-state index in [1.807, 2.05) is 30.3 Å². The molecule has 0 atom stereocenters. The van der Waals surface area contributed by atoms with Gasteiger partial charge in [0.15, 0.2) is 0 Å². The second-order valence-electron chi connectivity index (χ2n) is 5.19. The van der Waals surface area contributed by atoms with Gasteiger partial charge in [0.05, 0.1) is 25.3 Å². The second-order valence-corrected chi connectivity index (χ2v) is 5.19. The molecule has 23 heavy (non-hydrogen) atoms. The van der Waals surface area contributed by atoms with E-state index in [9.17, 15) is 9.59 Å². The van der Waals surface area contributed by atoms with Crippen LogP contribution in [-0.2, 0) is 9.47 Å². The average Bonchev–Trinajstić information content (AvgIpc) is 2.57. The Kier molecular flexibility index (Phi) is 3.62. The molecule has 0 radical (unpaired) electrons. The number of hydrogen-bond acceptors (Lipinski definition) is 5. The van der Waals surface area contributed by atoms with Crippen LogP contribution in [0, 0.1) is 0 Å². The van der Waals surface area contributed by atoms with Crippen molar-refractivity contribution in [1.29, 1.82) is 0 Å². The lowest BCUT2D eigenvalue weighted by molar-refractivity contribution is 0.0555. The molecular weight excluding hydrogens is 294 g/mol. The van der Waals surface area contributed by atoms with E-state index in [0.717, 1.165) is 21.5 Å². The Bertz CT molecular complexity index is 947. The summed E-state index contributed by atoms with van der Waals surface area (Å²) in [7, 11) is 2.55. The van der Waals surface area contributed by atoms with Gasteiger partial charge in [0, 0.05) is 5.69 Å². The molecule has 0 fully saturated rings. The third kappa shape index (κ3) is 2.57. The molecule has 0 aromatic heterocycles. The first-order valence-corrected chi connectivity index (χ1v) is 6.97. The molecule has 0 aliphatic carbocycles. The van der Waals surface area contributed by atoms with Crippen molar-refractivity contribution < 1.29 is 19.1 Å². The lowest BCUT2D eigenvalue weighted by Crippen LogP contribution is -2.11. The first-order valence-electron chi connectivity index (χ1n) is 6.97. The monoisotopic (exact) mass is 309 g/mol. The fourth-order valence-electron chi connectivity index (χ4n) is 2.63. The smallest absolute Gasteiger partial charge is 0.338 e. The lowest BCUT2D eigenvalue weighted by Gasteiger charge is -2.10. The SMILES string of the molecule is COC(=O)c1cc2cc3ccc(N)cc3cc2cc1C(=O)OC. The van der Waals surface area contributed by atoms with E-state index in [1.165, 1.54) is 14.2 Å². The van der Waals surface area contributed by atoms with Gasteiger partial charge in [0.25, 0.3) is 0 Å². The number of nitrogens with two attached hydrogens (primary N) is 1. The van der Waals surface area contributed by atoms with Crippen LogP contribution in [0.5, 0.6) is 0 Å². The van der Waals surface area contributed by atoms with Crippen molar-refractivity contribution >= 4 is 39.2 Å². The van der Waals surface area contributed by atoms with Crippen molar-refractivity contribution in [3.63, 3.8) is 0 Å². The number of ether oxygens (including phenoxy) is 2. The van der Waals surface area contributed by atoms with Gasteiger partial charge in [-0.15, -0.1) is 0 Å². The molecule has 3 rings (SSSR count). The standard InChI is InChI=1S/C18H15NO4/c1-22-17(20)15-8-12-5-10-3-4-14(19)7-11(10)6-13(12)9-16(15)18(21)23-2/h3-9H,19H2,1-2H3. The Hall–Kier alpha value is -3.08.